The first-order valence-corrected chi connectivity index (χ1v) is 8.13. The highest BCUT2D eigenvalue weighted by Crippen LogP contribution is 2.17. The van der Waals surface area contributed by atoms with Gasteiger partial charge in [0.25, 0.3) is 0 Å². The van der Waals surface area contributed by atoms with Crippen molar-refractivity contribution in [3.63, 3.8) is 0 Å². The van der Waals surface area contributed by atoms with Crippen molar-refractivity contribution < 1.29 is 9.59 Å². The summed E-state index contributed by atoms with van der Waals surface area (Å²) in [6.45, 7) is 1.67. The van der Waals surface area contributed by atoms with Crippen LogP contribution in [0.3, 0.4) is 0 Å². The number of rotatable bonds is 4. The van der Waals surface area contributed by atoms with Gasteiger partial charge in [-0.15, -0.1) is 0 Å². The summed E-state index contributed by atoms with van der Waals surface area (Å²) in [6.07, 6.45) is 0. The lowest BCUT2D eigenvalue weighted by atomic mass is 10.2. The Bertz CT molecular complexity index is 719. The monoisotopic (exact) mass is 343 g/mol. The summed E-state index contributed by atoms with van der Waals surface area (Å²) in [5.74, 6) is -0.134. The van der Waals surface area contributed by atoms with E-state index in [0.717, 1.165) is 5.69 Å². The Morgan fingerprint density at radius 1 is 1.04 bits per heavy atom. The van der Waals surface area contributed by atoms with Crippen molar-refractivity contribution in [3.05, 3.63) is 59.6 Å². The fourth-order valence-electron chi connectivity index (χ4n) is 2.67. The first-order valence-electron chi connectivity index (χ1n) is 7.75. The minimum atomic E-state index is -0.140. The first kappa shape index (κ1) is 16.5. The highest BCUT2D eigenvalue weighted by Gasteiger charge is 2.26. The van der Waals surface area contributed by atoms with Crippen molar-refractivity contribution >= 4 is 34.8 Å². The van der Waals surface area contributed by atoms with Gasteiger partial charge in [-0.1, -0.05) is 29.8 Å². The molecule has 1 aliphatic rings. The molecule has 0 atom stereocenters. The van der Waals surface area contributed by atoms with E-state index in [0.29, 0.717) is 23.8 Å². The fraction of sp³-hybridized carbons (Fsp3) is 0.222. The molecule has 0 radical (unpaired) electrons. The molecule has 1 N–H and O–H groups in total. The number of nitrogens with one attached hydrogen (secondary N) is 1. The summed E-state index contributed by atoms with van der Waals surface area (Å²) < 4.78 is 0. The van der Waals surface area contributed by atoms with Crippen molar-refractivity contribution in [1.82, 2.24) is 4.90 Å². The Morgan fingerprint density at radius 3 is 2.42 bits per heavy atom. The van der Waals surface area contributed by atoms with Gasteiger partial charge >= 0.3 is 0 Å². The second-order valence-corrected chi connectivity index (χ2v) is 6.08. The average Bonchev–Trinajstić information content (AvgIpc) is 2.58. The zero-order chi connectivity index (χ0) is 16.9. The maximum Gasteiger partial charge on any atom is 0.241 e. The Balaban J connectivity index is 1.53. The van der Waals surface area contributed by atoms with Crippen LogP contribution in [0.5, 0.6) is 0 Å². The van der Waals surface area contributed by atoms with Gasteiger partial charge in [-0.05, 0) is 36.4 Å². The molecule has 0 saturated carbocycles. The standard InChI is InChI=1S/C18H18ClN3O2/c19-14-6-8-15(9-7-14)20-17(23)12-21-10-11-22(18(24)13-21)16-4-2-1-3-5-16/h1-9H,10-13H2,(H,20,23). The second-order valence-electron chi connectivity index (χ2n) is 5.65. The van der Waals surface area contributed by atoms with E-state index < -0.39 is 0 Å². The Hall–Kier alpha value is -2.37. The Morgan fingerprint density at radius 2 is 1.75 bits per heavy atom. The first-order chi connectivity index (χ1) is 11.6. The quantitative estimate of drug-likeness (QED) is 0.928. The fourth-order valence-corrected chi connectivity index (χ4v) is 2.80. The molecule has 2 aromatic rings. The van der Waals surface area contributed by atoms with E-state index in [9.17, 15) is 9.59 Å². The summed E-state index contributed by atoms with van der Waals surface area (Å²) in [4.78, 5) is 28.0. The van der Waals surface area contributed by atoms with Crippen LogP contribution in [0.25, 0.3) is 0 Å². The van der Waals surface area contributed by atoms with Gasteiger partial charge in [0, 0.05) is 29.5 Å². The van der Waals surface area contributed by atoms with Crippen LogP contribution in [0.4, 0.5) is 11.4 Å². The van der Waals surface area contributed by atoms with E-state index in [4.69, 9.17) is 11.6 Å². The summed E-state index contributed by atoms with van der Waals surface area (Å²) in [6, 6.07) is 16.5. The number of amides is 2. The van der Waals surface area contributed by atoms with E-state index in [2.05, 4.69) is 5.32 Å². The number of anilines is 2. The van der Waals surface area contributed by atoms with Crippen LogP contribution in [-0.2, 0) is 9.59 Å². The molecule has 1 aliphatic heterocycles. The normalized spacial score (nSPS) is 15.4. The molecule has 5 nitrogen and oxygen atoms in total. The molecule has 6 heteroatoms. The van der Waals surface area contributed by atoms with E-state index in [1.165, 1.54) is 0 Å². The van der Waals surface area contributed by atoms with Gasteiger partial charge in [0.1, 0.15) is 0 Å². The molecule has 0 aromatic heterocycles. The Labute approximate surface area is 145 Å². The molecular formula is C18H18ClN3O2. The van der Waals surface area contributed by atoms with Gasteiger partial charge in [-0.25, -0.2) is 0 Å². The maximum absolute atomic E-state index is 12.3. The summed E-state index contributed by atoms with van der Waals surface area (Å²) in [7, 11) is 0. The van der Waals surface area contributed by atoms with Gasteiger partial charge in [0.15, 0.2) is 0 Å². The Kier molecular flexibility index (Phi) is 5.13. The molecule has 1 fully saturated rings. The predicted octanol–water partition coefficient (Wildman–Crippen LogP) is 2.63. The predicted molar refractivity (Wildman–Crippen MR) is 95.3 cm³/mol. The third-order valence-corrected chi connectivity index (χ3v) is 4.11. The lowest BCUT2D eigenvalue weighted by Gasteiger charge is -2.33. The lowest BCUT2D eigenvalue weighted by Crippen LogP contribution is -2.52. The van der Waals surface area contributed by atoms with Crippen LogP contribution in [0, 0.1) is 0 Å². The van der Waals surface area contributed by atoms with Gasteiger partial charge in [-0.2, -0.15) is 0 Å². The minimum Gasteiger partial charge on any atom is -0.325 e. The van der Waals surface area contributed by atoms with Crippen LogP contribution >= 0.6 is 11.6 Å². The third-order valence-electron chi connectivity index (χ3n) is 3.86. The number of halogens is 1. The largest absolute Gasteiger partial charge is 0.325 e. The smallest absolute Gasteiger partial charge is 0.241 e. The van der Waals surface area contributed by atoms with Gasteiger partial charge < -0.3 is 10.2 Å². The molecule has 1 heterocycles. The molecule has 24 heavy (non-hydrogen) atoms. The van der Waals surface area contributed by atoms with Crippen LogP contribution in [-0.4, -0.2) is 42.9 Å². The SMILES string of the molecule is O=C(CN1CCN(c2ccccc2)C(=O)C1)Nc1ccc(Cl)cc1. The molecule has 1 saturated heterocycles. The van der Waals surface area contributed by atoms with Gasteiger partial charge in [-0.3, -0.25) is 14.5 Å². The number of carbonyl (C=O) groups excluding carboxylic acids is 2. The van der Waals surface area contributed by atoms with E-state index in [-0.39, 0.29) is 24.9 Å². The molecule has 2 amide bonds. The van der Waals surface area contributed by atoms with Crippen molar-refractivity contribution in [2.24, 2.45) is 0 Å². The number of piperazine rings is 1. The topological polar surface area (TPSA) is 52.7 Å². The molecular weight excluding hydrogens is 326 g/mol. The minimum absolute atomic E-state index is 0.00624. The van der Waals surface area contributed by atoms with Crippen molar-refractivity contribution in [3.8, 4) is 0 Å². The molecule has 2 aromatic carbocycles. The van der Waals surface area contributed by atoms with Crippen LogP contribution in [0.15, 0.2) is 54.6 Å². The maximum atomic E-state index is 12.3. The number of para-hydroxylation sites is 1. The van der Waals surface area contributed by atoms with E-state index in [1.54, 1.807) is 29.2 Å². The van der Waals surface area contributed by atoms with Gasteiger partial charge in [0.05, 0.1) is 13.1 Å². The van der Waals surface area contributed by atoms with Crippen molar-refractivity contribution in [1.29, 1.82) is 0 Å². The van der Waals surface area contributed by atoms with Crippen molar-refractivity contribution in [2.75, 3.05) is 36.4 Å². The summed E-state index contributed by atoms with van der Waals surface area (Å²) in [5.41, 5.74) is 1.59. The molecule has 0 bridgehead atoms. The van der Waals surface area contributed by atoms with E-state index in [1.807, 2.05) is 35.2 Å². The zero-order valence-electron chi connectivity index (χ0n) is 13.1. The number of benzene rings is 2. The number of carbonyl (C=O) groups is 2. The molecule has 124 valence electrons. The summed E-state index contributed by atoms with van der Waals surface area (Å²) >= 11 is 5.82. The second kappa shape index (κ2) is 7.47. The van der Waals surface area contributed by atoms with Crippen LogP contribution < -0.4 is 10.2 Å². The molecule has 3 rings (SSSR count). The molecule has 0 spiro atoms. The van der Waals surface area contributed by atoms with E-state index >= 15 is 0 Å². The highest BCUT2D eigenvalue weighted by atomic mass is 35.5. The zero-order valence-corrected chi connectivity index (χ0v) is 13.9. The third kappa shape index (κ3) is 4.13. The van der Waals surface area contributed by atoms with Crippen LogP contribution in [0.1, 0.15) is 0 Å². The summed E-state index contributed by atoms with van der Waals surface area (Å²) in [5, 5.41) is 3.43. The number of hydrogen-bond acceptors (Lipinski definition) is 3. The van der Waals surface area contributed by atoms with Gasteiger partial charge in [0.2, 0.25) is 11.8 Å². The molecule has 0 unspecified atom stereocenters. The number of nitrogens with zero attached hydrogens (tertiary/aromatic N) is 2. The number of hydrogen-bond donors (Lipinski definition) is 1. The van der Waals surface area contributed by atoms with Crippen molar-refractivity contribution in [2.45, 2.75) is 0 Å². The average molecular weight is 344 g/mol. The molecule has 0 aliphatic carbocycles. The highest BCUT2D eigenvalue weighted by molar-refractivity contribution is 6.30. The van der Waals surface area contributed by atoms with Crippen LogP contribution in [0.2, 0.25) is 5.02 Å². The lowest BCUT2D eigenvalue weighted by molar-refractivity contribution is -0.123.